The van der Waals surface area contributed by atoms with E-state index in [1.54, 1.807) is 25.3 Å². The zero-order valence-corrected chi connectivity index (χ0v) is 17.1. The summed E-state index contributed by atoms with van der Waals surface area (Å²) < 4.78 is 31.0. The number of hydrogen-bond donors (Lipinski definition) is 0. The first-order valence-corrected chi connectivity index (χ1v) is 9.63. The Bertz CT molecular complexity index is 1150. The highest BCUT2D eigenvalue weighted by Crippen LogP contribution is 2.40. The van der Waals surface area contributed by atoms with Crippen LogP contribution >= 0.6 is 11.6 Å². The van der Waals surface area contributed by atoms with Crippen molar-refractivity contribution < 1.29 is 23.4 Å². The van der Waals surface area contributed by atoms with Crippen LogP contribution in [0.4, 0.5) is 4.39 Å². The molecule has 1 aliphatic heterocycles. The molecule has 3 aromatic carbocycles. The number of carbonyl (C=O) groups excluding carboxylic acids is 1. The molecule has 0 unspecified atom stereocenters. The Kier molecular flexibility index (Phi) is 5.46. The van der Waals surface area contributed by atoms with Gasteiger partial charge in [0.1, 0.15) is 29.7 Å². The number of halogens is 2. The summed E-state index contributed by atoms with van der Waals surface area (Å²) in [5.74, 6) is 0.909. The fraction of sp³-hybridized carbons (Fsp3) is 0.125. The van der Waals surface area contributed by atoms with Crippen molar-refractivity contribution in [2.24, 2.45) is 0 Å². The third-order valence-corrected chi connectivity index (χ3v) is 5.17. The molecular formula is C24H18ClFO4. The first kappa shape index (κ1) is 20.0. The van der Waals surface area contributed by atoms with Crippen LogP contribution in [0.2, 0.25) is 5.02 Å². The highest BCUT2D eigenvalue weighted by molar-refractivity contribution is 6.32. The van der Waals surface area contributed by atoms with Crippen LogP contribution in [0.25, 0.3) is 6.08 Å². The lowest BCUT2D eigenvalue weighted by Gasteiger charge is -2.12. The third-order valence-electron chi connectivity index (χ3n) is 4.84. The fourth-order valence-corrected chi connectivity index (χ4v) is 3.44. The molecule has 4 nitrogen and oxygen atoms in total. The number of ether oxygens (including phenoxy) is 3. The normalized spacial score (nSPS) is 13.9. The number of fused-ring (bicyclic) bond motifs is 1. The van der Waals surface area contributed by atoms with Crippen LogP contribution in [0.1, 0.15) is 27.0 Å². The molecule has 3 aromatic rings. The van der Waals surface area contributed by atoms with E-state index in [4.69, 9.17) is 25.8 Å². The van der Waals surface area contributed by atoms with E-state index in [0.717, 1.165) is 11.3 Å². The Labute approximate surface area is 178 Å². The van der Waals surface area contributed by atoms with Crippen molar-refractivity contribution in [3.63, 3.8) is 0 Å². The Morgan fingerprint density at radius 1 is 1.13 bits per heavy atom. The second kappa shape index (κ2) is 8.20. The van der Waals surface area contributed by atoms with Crippen molar-refractivity contribution in [1.29, 1.82) is 0 Å². The number of ketones is 1. The van der Waals surface area contributed by atoms with Crippen LogP contribution in [0.15, 0.2) is 60.4 Å². The van der Waals surface area contributed by atoms with E-state index in [1.165, 1.54) is 18.2 Å². The predicted octanol–water partition coefficient (Wildman–Crippen LogP) is 5.99. The lowest BCUT2D eigenvalue weighted by Crippen LogP contribution is -1.99. The number of hydrogen-bond acceptors (Lipinski definition) is 4. The topological polar surface area (TPSA) is 44.8 Å². The van der Waals surface area contributed by atoms with E-state index in [-0.39, 0.29) is 22.1 Å². The van der Waals surface area contributed by atoms with Crippen molar-refractivity contribution in [1.82, 2.24) is 0 Å². The Morgan fingerprint density at radius 3 is 2.70 bits per heavy atom. The Hall–Kier alpha value is -3.31. The second-order valence-electron chi connectivity index (χ2n) is 6.78. The van der Waals surface area contributed by atoms with Gasteiger partial charge in [0.2, 0.25) is 5.78 Å². The van der Waals surface area contributed by atoms with Gasteiger partial charge in [-0.3, -0.25) is 4.79 Å². The molecule has 0 amide bonds. The number of Topliss-reactive ketones (excluding diaryl/α,β-unsaturated/α-hetero) is 1. The molecule has 1 aliphatic rings. The van der Waals surface area contributed by atoms with E-state index in [1.807, 2.05) is 31.2 Å². The van der Waals surface area contributed by atoms with Crippen molar-refractivity contribution >= 4 is 23.5 Å². The molecule has 6 heteroatoms. The maximum absolute atomic E-state index is 14.1. The summed E-state index contributed by atoms with van der Waals surface area (Å²) in [7, 11) is 1.61. The molecule has 0 aromatic heterocycles. The third kappa shape index (κ3) is 3.76. The minimum absolute atomic E-state index is 0.0186. The van der Waals surface area contributed by atoms with Gasteiger partial charge in [-0.25, -0.2) is 4.39 Å². The van der Waals surface area contributed by atoms with Gasteiger partial charge in [0.05, 0.1) is 17.7 Å². The zero-order chi connectivity index (χ0) is 21.3. The van der Waals surface area contributed by atoms with Gasteiger partial charge in [-0.2, -0.15) is 0 Å². The van der Waals surface area contributed by atoms with Crippen molar-refractivity contribution in [2.45, 2.75) is 13.5 Å². The zero-order valence-electron chi connectivity index (χ0n) is 16.4. The van der Waals surface area contributed by atoms with Crippen LogP contribution in [0, 0.1) is 12.7 Å². The SMILES string of the molecule is COc1cccc(COc2ccc3c(c2C)O/C(=C\c2c(F)cccc2Cl)C3=O)c1. The Morgan fingerprint density at radius 2 is 1.93 bits per heavy atom. The average molecular weight is 425 g/mol. The van der Waals surface area contributed by atoms with Crippen LogP contribution in [-0.4, -0.2) is 12.9 Å². The van der Waals surface area contributed by atoms with Gasteiger partial charge in [-0.1, -0.05) is 29.8 Å². The van der Waals surface area contributed by atoms with Crippen LogP contribution in [-0.2, 0) is 6.61 Å². The molecule has 0 radical (unpaired) electrons. The summed E-state index contributed by atoms with van der Waals surface area (Å²) in [6, 6.07) is 15.3. The van der Waals surface area contributed by atoms with Crippen LogP contribution < -0.4 is 14.2 Å². The van der Waals surface area contributed by atoms with E-state index in [2.05, 4.69) is 0 Å². The number of allylic oxidation sites excluding steroid dienone is 1. The minimum Gasteiger partial charge on any atom is -0.497 e. The number of carbonyl (C=O) groups is 1. The van der Waals surface area contributed by atoms with Crippen LogP contribution in [0.3, 0.4) is 0 Å². The smallest absolute Gasteiger partial charge is 0.231 e. The van der Waals surface area contributed by atoms with Gasteiger partial charge in [0.25, 0.3) is 0 Å². The molecule has 30 heavy (non-hydrogen) atoms. The summed E-state index contributed by atoms with van der Waals surface area (Å²) in [6.45, 7) is 2.14. The average Bonchev–Trinajstić information content (AvgIpc) is 3.07. The van der Waals surface area contributed by atoms with Crippen molar-refractivity contribution in [3.8, 4) is 17.2 Å². The van der Waals surface area contributed by atoms with Crippen molar-refractivity contribution in [3.05, 3.63) is 93.5 Å². The summed E-state index contributed by atoms with van der Waals surface area (Å²) in [5.41, 5.74) is 2.15. The molecule has 4 rings (SSSR count). The lowest BCUT2D eigenvalue weighted by molar-refractivity contribution is 0.101. The van der Waals surface area contributed by atoms with Gasteiger partial charge in [-0.15, -0.1) is 0 Å². The summed E-state index contributed by atoms with van der Waals surface area (Å²) in [5, 5.41) is 0.203. The number of methoxy groups -OCH3 is 1. The van der Waals surface area contributed by atoms with Crippen LogP contribution in [0.5, 0.6) is 17.2 Å². The summed E-state index contributed by atoms with van der Waals surface area (Å²) in [4.78, 5) is 12.7. The van der Waals surface area contributed by atoms with E-state index in [9.17, 15) is 9.18 Å². The summed E-state index contributed by atoms with van der Waals surface area (Å²) >= 11 is 6.06. The maximum atomic E-state index is 14.1. The van der Waals surface area contributed by atoms with Gasteiger partial charge in [0, 0.05) is 11.1 Å². The molecule has 0 N–H and O–H groups in total. The second-order valence-corrected chi connectivity index (χ2v) is 7.19. The molecular weight excluding hydrogens is 407 g/mol. The van der Waals surface area contributed by atoms with Gasteiger partial charge in [0.15, 0.2) is 5.76 Å². The standard InChI is InChI=1S/C24H18ClFO4/c1-14-21(29-13-15-5-3-6-16(11-15)28-2)10-9-17-23(27)22(30-24(14)17)12-18-19(25)7-4-8-20(18)26/h3-12H,13H2,1-2H3/b22-12-. The molecule has 0 saturated heterocycles. The molecule has 0 fully saturated rings. The largest absolute Gasteiger partial charge is 0.497 e. The van der Waals surface area contributed by atoms with Gasteiger partial charge in [-0.05, 0) is 55.0 Å². The summed E-state index contributed by atoms with van der Waals surface area (Å²) in [6.07, 6.45) is 1.33. The van der Waals surface area contributed by atoms with Gasteiger partial charge < -0.3 is 14.2 Å². The Balaban J connectivity index is 1.59. The molecule has 0 bridgehead atoms. The highest BCUT2D eigenvalue weighted by Gasteiger charge is 2.30. The monoisotopic (exact) mass is 424 g/mol. The van der Waals surface area contributed by atoms with Crippen molar-refractivity contribution in [2.75, 3.05) is 7.11 Å². The predicted molar refractivity (Wildman–Crippen MR) is 113 cm³/mol. The fourth-order valence-electron chi connectivity index (χ4n) is 3.23. The lowest BCUT2D eigenvalue weighted by atomic mass is 10.1. The molecule has 1 heterocycles. The van der Waals surface area contributed by atoms with E-state index >= 15 is 0 Å². The number of rotatable bonds is 5. The van der Waals surface area contributed by atoms with Gasteiger partial charge >= 0.3 is 0 Å². The molecule has 152 valence electrons. The molecule has 0 saturated carbocycles. The quantitative estimate of drug-likeness (QED) is 0.472. The van der Waals surface area contributed by atoms with E-state index < -0.39 is 5.82 Å². The highest BCUT2D eigenvalue weighted by atomic mass is 35.5. The maximum Gasteiger partial charge on any atom is 0.231 e. The van der Waals surface area contributed by atoms with E-state index in [0.29, 0.717) is 29.2 Å². The molecule has 0 atom stereocenters. The molecule has 0 aliphatic carbocycles. The molecule has 0 spiro atoms. The minimum atomic E-state index is -0.526. The number of benzene rings is 3. The first-order valence-electron chi connectivity index (χ1n) is 9.25. The first-order chi connectivity index (χ1) is 14.5.